The number of nitrogens with zero attached hydrogens (tertiary/aromatic N) is 2. The Morgan fingerprint density at radius 1 is 1.12 bits per heavy atom. The molecule has 1 heterocycles. The lowest BCUT2D eigenvalue weighted by molar-refractivity contribution is -0.131. The van der Waals surface area contributed by atoms with Gasteiger partial charge in [0.2, 0.25) is 11.8 Å². The molecule has 0 saturated carbocycles. The molecular formula is C23H31F2N5O2. The van der Waals surface area contributed by atoms with E-state index in [-0.39, 0.29) is 18.9 Å². The second kappa shape index (κ2) is 12.1. The van der Waals surface area contributed by atoms with Gasteiger partial charge >= 0.3 is 0 Å². The van der Waals surface area contributed by atoms with Gasteiger partial charge in [0, 0.05) is 19.2 Å². The number of pyridine rings is 1. The van der Waals surface area contributed by atoms with Crippen LogP contribution in [0.1, 0.15) is 37.8 Å². The Labute approximate surface area is 187 Å². The molecule has 2 aromatic rings. The average molecular weight is 448 g/mol. The van der Waals surface area contributed by atoms with E-state index < -0.39 is 29.6 Å². The largest absolute Gasteiger partial charge is 0.384 e. The van der Waals surface area contributed by atoms with Crippen LogP contribution in [0.2, 0.25) is 0 Å². The van der Waals surface area contributed by atoms with Gasteiger partial charge in [0.1, 0.15) is 11.9 Å². The van der Waals surface area contributed by atoms with Gasteiger partial charge in [-0.2, -0.15) is 0 Å². The molecule has 0 aliphatic carbocycles. The molecule has 1 aromatic carbocycles. The summed E-state index contributed by atoms with van der Waals surface area (Å²) in [5.41, 5.74) is 6.70. The predicted octanol–water partition coefficient (Wildman–Crippen LogP) is 2.41. The monoisotopic (exact) mass is 447 g/mol. The normalized spacial score (nSPS) is 12.9. The molecule has 0 radical (unpaired) electrons. The van der Waals surface area contributed by atoms with Gasteiger partial charge in [0.25, 0.3) is 0 Å². The molecule has 32 heavy (non-hydrogen) atoms. The van der Waals surface area contributed by atoms with Crippen molar-refractivity contribution in [1.82, 2.24) is 20.5 Å². The summed E-state index contributed by atoms with van der Waals surface area (Å²) < 4.78 is 27.0. The number of halogens is 2. The van der Waals surface area contributed by atoms with Crippen molar-refractivity contribution in [2.45, 2.75) is 51.7 Å². The van der Waals surface area contributed by atoms with Crippen molar-refractivity contribution in [2.24, 2.45) is 0 Å². The van der Waals surface area contributed by atoms with Crippen LogP contribution in [0.25, 0.3) is 0 Å². The zero-order valence-corrected chi connectivity index (χ0v) is 18.7. The summed E-state index contributed by atoms with van der Waals surface area (Å²) in [6, 6.07) is 5.36. The number of unbranched alkanes of at least 4 members (excludes halogenated alkanes) is 1. The van der Waals surface area contributed by atoms with Crippen LogP contribution in [0.4, 0.5) is 14.6 Å². The van der Waals surface area contributed by atoms with Crippen molar-refractivity contribution < 1.29 is 18.4 Å². The zero-order valence-electron chi connectivity index (χ0n) is 18.7. The van der Waals surface area contributed by atoms with E-state index in [1.165, 1.54) is 6.07 Å². The van der Waals surface area contributed by atoms with Crippen molar-refractivity contribution in [3.63, 3.8) is 0 Å². The number of amides is 2. The van der Waals surface area contributed by atoms with Gasteiger partial charge in [-0.15, -0.1) is 0 Å². The molecule has 9 heteroatoms. The minimum Gasteiger partial charge on any atom is -0.384 e. The van der Waals surface area contributed by atoms with E-state index in [0.717, 1.165) is 37.1 Å². The van der Waals surface area contributed by atoms with Gasteiger partial charge in [-0.1, -0.05) is 25.5 Å². The standard InChI is InChI=1S/C23H31F2N5O2/c1-4-5-10-30(3)15(2)22(31)29-20(12-16-6-8-18(24)19(25)11-16)23(32)28-14-17-7-9-21(26)27-13-17/h6-9,11,13,15,20H,4-5,10,12,14H2,1-3H3,(H2,26,27)(H,28,32)(H,29,31)/t15?,20-/m0/s1. The summed E-state index contributed by atoms with van der Waals surface area (Å²) in [4.78, 5) is 31.6. The first kappa shape index (κ1) is 25.2. The fraction of sp³-hybridized carbons (Fsp3) is 0.435. The number of carbonyl (C=O) groups excluding carboxylic acids is 2. The van der Waals surface area contributed by atoms with Crippen molar-refractivity contribution in [2.75, 3.05) is 19.3 Å². The highest BCUT2D eigenvalue weighted by molar-refractivity contribution is 5.89. The number of carbonyl (C=O) groups is 2. The average Bonchev–Trinajstić information content (AvgIpc) is 2.78. The van der Waals surface area contributed by atoms with E-state index >= 15 is 0 Å². The Morgan fingerprint density at radius 3 is 2.47 bits per heavy atom. The predicted molar refractivity (Wildman–Crippen MR) is 119 cm³/mol. The minimum atomic E-state index is -1.01. The maximum absolute atomic E-state index is 13.7. The summed E-state index contributed by atoms with van der Waals surface area (Å²) >= 11 is 0. The van der Waals surface area contributed by atoms with Gasteiger partial charge in [0.15, 0.2) is 11.6 Å². The molecule has 4 N–H and O–H groups in total. The van der Waals surface area contributed by atoms with E-state index in [1.807, 2.05) is 11.9 Å². The topological polar surface area (TPSA) is 100 Å². The van der Waals surface area contributed by atoms with E-state index in [0.29, 0.717) is 11.4 Å². The summed E-state index contributed by atoms with van der Waals surface area (Å²) in [6.45, 7) is 4.76. The van der Waals surface area contributed by atoms with Gasteiger partial charge in [0.05, 0.1) is 6.04 Å². The first-order chi connectivity index (χ1) is 15.2. The maximum atomic E-state index is 13.7. The molecular weight excluding hydrogens is 416 g/mol. The van der Waals surface area contributed by atoms with Crippen LogP contribution in [-0.4, -0.2) is 47.4 Å². The highest BCUT2D eigenvalue weighted by Crippen LogP contribution is 2.12. The first-order valence-corrected chi connectivity index (χ1v) is 10.6. The Hall–Kier alpha value is -3.07. The number of hydrogen-bond acceptors (Lipinski definition) is 5. The number of hydrogen-bond donors (Lipinski definition) is 3. The number of nitrogens with one attached hydrogen (secondary N) is 2. The van der Waals surface area contributed by atoms with Crippen LogP contribution in [0.3, 0.4) is 0 Å². The summed E-state index contributed by atoms with van der Waals surface area (Å²) in [5, 5.41) is 5.51. The Balaban J connectivity index is 2.11. The van der Waals surface area contributed by atoms with Crippen molar-refractivity contribution >= 4 is 17.6 Å². The molecule has 0 aliphatic rings. The number of rotatable bonds is 11. The molecule has 174 valence electrons. The van der Waals surface area contributed by atoms with Crippen LogP contribution in [0, 0.1) is 11.6 Å². The van der Waals surface area contributed by atoms with E-state index in [1.54, 1.807) is 25.3 Å². The highest BCUT2D eigenvalue weighted by Gasteiger charge is 2.26. The lowest BCUT2D eigenvalue weighted by Crippen LogP contribution is -2.53. The van der Waals surface area contributed by atoms with Gasteiger partial charge in [-0.05, 0) is 56.3 Å². The van der Waals surface area contributed by atoms with Crippen molar-refractivity contribution in [1.29, 1.82) is 0 Å². The smallest absolute Gasteiger partial charge is 0.243 e. The highest BCUT2D eigenvalue weighted by atomic mass is 19.2. The first-order valence-electron chi connectivity index (χ1n) is 10.6. The van der Waals surface area contributed by atoms with E-state index in [9.17, 15) is 18.4 Å². The van der Waals surface area contributed by atoms with E-state index in [2.05, 4.69) is 22.5 Å². The molecule has 1 unspecified atom stereocenters. The molecule has 0 aliphatic heterocycles. The summed E-state index contributed by atoms with van der Waals surface area (Å²) in [6.07, 6.45) is 3.51. The Morgan fingerprint density at radius 2 is 1.84 bits per heavy atom. The number of likely N-dealkylation sites (N-methyl/N-ethyl adjacent to an activating group) is 1. The number of aromatic nitrogens is 1. The SMILES string of the molecule is CCCCN(C)C(C)C(=O)N[C@@H](Cc1ccc(F)c(F)c1)C(=O)NCc1ccc(N)nc1. The molecule has 1 aromatic heterocycles. The lowest BCUT2D eigenvalue weighted by Gasteiger charge is -2.26. The van der Waals surface area contributed by atoms with Crippen molar-refractivity contribution in [3.05, 3.63) is 59.3 Å². The van der Waals surface area contributed by atoms with Gasteiger partial charge < -0.3 is 16.4 Å². The van der Waals surface area contributed by atoms with Gasteiger partial charge in [-0.25, -0.2) is 13.8 Å². The fourth-order valence-corrected chi connectivity index (χ4v) is 3.06. The van der Waals surface area contributed by atoms with Crippen LogP contribution in [0.5, 0.6) is 0 Å². The summed E-state index contributed by atoms with van der Waals surface area (Å²) in [7, 11) is 1.85. The minimum absolute atomic E-state index is 0.0140. The third-order valence-corrected chi connectivity index (χ3v) is 5.28. The molecule has 0 saturated heterocycles. The number of anilines is 1. The molecule has 0 spiro atoms. The van der Waals surface area contributed by atoms with Crippen molar-refractivity contribution in [3.8, 4) is 0 Å². The molecule has 7 nitrogen and oxygen atoms in total. The third-order valence-electron chi connectivity index (χ3n) is 5.28. The van der Waals surface area contributed by atoms with Gasteiger partial charge in [-0.3, -0.25) is 14.5 Å². The zero-order chi connectivity index (χ0) is 23.7. The van der Waals surface area contributed by atoms with Crippen LogP contribution >= 0.6 is 0 Å². The second-order valence-corrected chi connectivity index (χ2v) is 7.83. The Kier molecular flexibility index (Phi) is 9.52. The Bertz CT molecular complexity index is 908. The van der Waals surface area contributed by atoms with Crippen LogP contribution in [-0.2, 0) is 22.6 Å². The van der Waals surface area contributed by atoms with E-state index in [4.69, 9.17) is 5.73 Å². The quantitative estimate of drug-likeness (QED) is 0.491. The maximum Gasteiger partial charge on any atom is 0.243 e. The molecule has 0 fully saturated rings. The number of nitrogen functional groups attached to an aromatic ring is 1. The molecule has 2 atom stereocenters. The number of nitrogens with two attached hydrogens (primary N) is 1. The fourth-order valence-electron chi connectivity index (χ4n) is 3.06. The molecule has 2 amide bonds. The number of benzene rings is 1. The third kappa shape index (κ3) is 7.56. The second-order valence-electron chi connectivity index (χ2n) is 7.83. The molecule has 2 rings (SSSR count). The molecule has 0 bridgehead atoms. The lowest BCUT2D eigenvalue weighted by atomic mass is 10.0. The van der Waals surface area contributed by atoms with Crippen LogP contribution in [0.15, 0.2) is 36.5 Å². The van der Waals surface area contributed by atoms with Crippen LogP contribution < -0.4 is 16.4 Å². The summed E-state index contributed by atoms with van der Waals surface area (Å²) in [5.74, 6) is -2.37.